The zero-order chi connectivity index (χ0) is 13.8. The summed E-state index contributed by atoms with van der Waals surface area (Å²) >= 11 is 5.51. The number of nitrogens with one attached hydrogen (secondary N) is 1. The SMILES string of the molecule is CC(C)CCC(C)NS(=O)(=O)c1cnc(Cl)nc1. The first-order valence-corrected chi connectivity index (χ1v) is 7.67. The summed E-state index contributed by atoms with van der Waals surface area (Å²) in [6.45, 7) is 6.05. The third-order valence-corrected chi connectivity index (χ3v) is 4.18. The first-order chi connectivity index (χ1) is 8.31. The molecule has 0 bridgehead atoms. The molecule has 0 spiro atoms. The van der Waals surface area contributed by atoms with Crippen LogP contribution >= 0.6 is 11.6 Å². The molecule has 1 unspecified atom stereocenters. The molecule has 5 nitrogen and oxygen atoms in total. The van der Waals surface area contributed by atoms with Gasteiger partial charge in [-0.25, -0.2) is 23.1 Å². The van der Waals surface area contributed by atoms with E-state index < -0.39 is 10.0 Å². The number of hydrogen-bond donors (Lipinski definition) is 1. The summed E-state index contributed by atoms with van der Waals surface area (Å²) in [7, 11) is -3.56. The number of aromatic nitrogens is 2. The van der Waals surface area contributed by atoms with E-state index >= 15 is 0 Å². The van der Waals surface area contributed by atoms with Crippen molar-refractivity contribution in [3.05, 3.63) is 17.7 Å². The summed E-state index contributed by atoms with van der Waals surface area (Å²) < 4.78 is 26.5. The summed E-state index contributed by atoms with van der Waals surface area (Å²) in [6, 6.07) is -0.118. The Balaban J connectivity index is 2.67. The van der Waals surface area contributed by atoms with Crippen LogP contribution in [-0.4, -0.2) is 24.4 Å². The smallest absolute Gasteiger partial charge is 0.225 e. The van der Waals surface area contributed by atoms with Gasteiger partial charge in [0.1, 0.15) is 4.90 Å². The highest BCUT2D eigenvalue weighted by molar-refractivity contribution is 7.89. The molecule has 0 aromatic carbocycles. The molecule has 0 aliphatic heterocycles. The molecule has 0 saturated carbocycles. The van der Waals surface area contributed by atoms with Crippen LogP contribution in [0.5, 0.6) is 0 Å². The fraction of sp³-hybridized carbons (Fsp3) is 0.636. The first-order valence-electron chi connectivity index (χ1n) is 5.81. The van der Waals surface area contributed by atoms with E-state index in [4.69, 9.17) is 11.6 Å². The Morgan fingerprint density at radius 2 is 1.78 bits per heavy atom. The maximum atomic E-state index is 12.0. The van der Waals surface area contributed by atoms with Crippen molar-refractivity contribution >= 4 is 21.6 Å². The third-order valence-electron chi connectivity index (χ3n) is 2.44. The van der Waals surface area contributed by atoms with Gasteiger partial charge in [0.2, 0.25) is 15.3 Å². The second kappa shape index (κ2) is 6.45. The maximum absolute atomic E-state index is 12.0. The topological polar surface area (TPSA) is 72.0 Å². The monoisotopic (exact) mass is 291 g/mol. The lowest BCUT2D eigenvalue weighted by molar-refractivity contribution is 0.485. The van der Waals surface area contributed by atoms with Crippen LogP contribution in [0.25, 0.3) is 0 Å². The quantitative estimate of drug-likeness (QED) is 0.816. The predicted molar refractivity (Wildman–Crippen MR) is 70.9 cm³/mol. The van der Waals surface area contributed by atoms with Gasteiger partial charge in [-0.05, 0) is 37.3 Å². The zero-order valence-corrected chi connectivity index (χ0v) is 12.3. The van der Waals surface area contributed by atoms with Gasteiger partial charge in [-0.2, -0.15) is 0 Å². The van der Waals surface area contributed by atoms with Crippen LogP contribution in [0.3, 0.4) is 0 Å². The maximum Gasteiger partial charge on any atom is 0.243 e. The lowest BCUT2D eigenvalue weighted by Crippen LogP contribution is -2.32. The summed E-state index contributed by atoms with van der Waals surface area (Å²) in [4.78, 5) is 7.35. The molecule has 0 amide bonds. The van der Waals surface area contributed by atoms with Crippen molar-refractivity contribution in [1.29, 1.82) is 0 Å². The number of rotatable bonds is 6. The van der Waals surface area contributed by atoms with Crippen LogP contribution < -0.4 is 4.72 Å². The Kier molecular flexibility index (Phi) is 5.49. The van der Waals surface area contributed by atoms with Crippen LogP contribution in [0.1, 0.15) is 33.6 Å². The highest BCUT2D eigenvalue weighted by Gasteiger charge is 2.18. The van der Waals surface area contributed by atoms with Gasteiger partial charge in [0, 0.05) is 6.04 Å². The largest absolute Gasteiger partial charge is 0.243 e. The van der Waals surface area contributed by atoms with Gasteiger partial charge in [0.25, 0.3) is 0 Å². The molecule has 1 rings (SSSR count). The lowest BCUT2D eigenvalue weighted by Gasteiger charge is -2.14. The summed E-state index contributed by atoms with van der Waals surface area (Å²) in [5.41, 5.74) is 0. The molecule has 18 heavy (non-hydrogen) atoms. The first kappa shape index (κ1) is 15.3. The van der Waals surface area contributed by atoms with Crippen molar-refractivity contribution < 1.29 is 8.42 Å². The minimum Gasteiger partial charge on any atom is -0.225 e. The highest BCUT2D eigenvalue weighted by Crippen LogP contribution is 2.11. The lowest BCUT2D eigenvalue weighted by atomic mass is 10.1. The molecule has 0 aliphatic carbocycles. The van der Waals surface area contributed by atoms with Crippen LogP contribution in [0.4, 0.5) is 0 Å². The zero-order valence-electron chi connectivity index (χ0n) is 10.7. The number of halogens is 1. The van der Waals surface area contributed by atoms with Crippen LogP contribution in [-0.2, 0) is 10.0 Å². The molecule has 0 saturated heterocycles. The summed E-state index contributed by atoms with van der Waals surface area (Å²) in [5.74, 6) is 0.552. The highest BCUT2D eigenvalue weighted by atomic mass is 35.5. The van der Waals surface area contributed by atoms with Gasteiger partial charge in [-0.1, -0.05) is 13.8 Å². The number of nitrogens with zero attached hydrogens (tertiary/aromatic N) is 2. The van der Waals surface area contributed by atoms with E-state index in [0.29, 0.717) is 5.92 Å². The molecule has 0 radical (unpaired) electrons. The Bertz CT molecular complexity index is 474. The molecule has 0 fully saturated rings. The Labute approximate surface area is 113 Å². The molecule has 1 atom stereocenters. The van der Waals surface area contributed by atoms with Crippen LogP contribution in [0.15, 0.2) is 17.3 Å². The van der Waals surface area contributed by atoms with E-state index in [1.165, 1.54) is 12.4 Å². The molecule has 102 valence electrons. The van der Waals surface area contributed by atoms with Crippen molar-refractivity contribution in [2.75, 3.05) is 0 Å². The molecule has 7 heteroatoms. The van der Waals surface area contributed by atoms with Crippen molar-refractivity contribution in [3.63, 3.8) is 0 Å². The van der Waals surface area contributed by atoms with Gasteiger partial charge >= 0.3 is 0 Å². The average molecular weight is 292 g/mol. The molecular weight excluding hydrogens is 274 g/mol. The Morgan fingerprint density at radius 3 is 2.28 bits per heavy atom. The van der Waals surface area contributed by atoms with Crippen molar-refractivity contribution in [2.45, 2.75) is 44.6 Å². The van der Waals surface area contributed by atoms with E-state index in [1.54, 1.807) is 0 Å². The van der Waals surface area contributed by atoms with Crippen LogP contribution in [0, 0.1) is 5.92 Å². The standard InChI is InChI=1S/C11H18ClN3O2S/c1-8(2)4-5-9(3)15-18(16,17)10-6-13-11(12)14-7-10/h6-9,15H,4-5H2,1-3H3. The van der Waals surface area contributed by atoms with Crippen LogP contribution in [0.2, 0.25) is 5.28 Å². The predicted octanol–water partition coefficient (Wildman–Crippen LogP) is 2.23. The van der Waals surface area contributed by atoms with Gasteiger partial charge < -0.3 is 0 Å². The fourth-order valence-corrected chi connectivity index (χ4v) is 2.68. The van der Waals surface area contributed by atoms with Crippen molar-refractivity contribution in [3.8, 4) is 0 Å². The second-order valence-electron chi connectivity index (χ2n) is 4.68. The second-order valence-corrected chi connectivity index (χ2v) is 6.73. The minimum absolute atomic E-state index is 0.0295. The number of hydrogen-bond acceptors (Lipinski definition) is 4. The molecular formula is C11H18ClN3O2S. The molecule has 1 heterocycles. The third kappa shape index (κ3) is 4.88. The molecule has 1 aromatic rings. The van der Waals surface area contributed by atoms with Crippen molar-refractivity contribution in [1.82, 2.24) is 14.7 Å². The summed E-state index contributed by atoms with van der Waals surface area (Å²) in [6.07, 6.45) is 4.17. The van der Waals surface area contributed by atoms with E-state index in [2.05, 4.69) is 28.5 Å². The van der Waals surface area contributed by atoms with Gasteiger partial charge in [0.05, 0.1) is 12.4 Å². The molecule has 1 aromatic heterocycles. The molecule has 1 N–H and O–H groups in total. The minimum atomic E-state index is -3.56. The number of sulfonamides is 1. The van der Waals surface area contributed by atoms with E-state index in [0.717, 1.165) is 12.8 Å². The van der Waals surface area contributed by atoms with E-state index in [-0.39, 0.29) is 16.2 Å². The average Bonchev–Trinajstić information content (AvgIpc) is 2.26. The molecule has 0 aliphatic rings. The normalized spacial score (nSPS) is 13.8. The Morgan fingerprint density at radius 1 is 1.22 bits per heavy atom. The van der Waals surface area contributed by atoms with Crippen molar-refractivity contribution in [2.24, 2.45) is 5.92 Å². The van der Waals surface area contributed by atoms with E-state index in [1.807, 2.05) is 6.92 Å². The Hall–Kier alpha value is -0.720. The fourth-order valence-electron chi connectivity index (χ4n) is 1.41. The van der Waals surface area contributed by atoms with Gasteiger partial charge in [0.15, 0.2) is 0 Å². The summed E-state index contributed by atoms with van der Waals surface area (Å²) in [5, 5.41) is 0.0295. The van der Waals surface area contributed by atoms with Gasteiger partial charge in [-0.15, -0.1) is 0 Å². The van der Waals surface area contributed by atoms with E-state index in [9.17, 15) is 8.42 Å². The van der Waals surface area contributed by atoms with Gasteiger partial charge in [-0.3, -0.25) is 0 Å².